The molecule has 0 fully saturated rings. The fourth-order valence-corrected chi connectivity index (χ4v) is 3.24. The first-order chi connectivity index (χ1) is 8.42. The molecule has 0 aromatic heterocycles. The number of fused-ring (bicyclic) bond motifs is 1. The molecule has 1 atom stereocenters. The van der Waals surface area contributed by atoms with E-state index in [0.717, 1.165) is 19.4 Å². The Balaban J connectivity index is 2.05. The quantitative estimate of drug-likeness (QED) is 0.727. The standard InChI is InChI=1S/C15H23BrOSi/c1-15(2,18(3)4)10-17-14-9-8-11-12(14)6-5-7-13(11)16/h5-7,14,18H,8-10H2,1-4H3. The van der Waals surface area contributed by atoms with Crippen LogP contribution in [0.25, 0.3) is 0 Å². The van der Waals surface area contributed by atoms with Crippen LogP contribution in [-0.2, 0) is 11.2 Å². The van der Waals surface area contributed by atoms with Crippen LogP contribution >= 0.6 is 15.9 Å². The largest absolute Gasteiger partial charge is 0.373 e. The van der Waals surface area contributed by atoms with Crippen molar-refractivity contribution in [1.29, 1.82) is 0 Å². The van der Waals surface area contributed by atoms with Crippen LogP contribution in [-0.4, -0.2) is 15.4 Å². The molecule has 1 aliphatic rings. The first-order valence-electron chi connectivity index (χ1n) is 6.80. The number of hydrogen-bond acceptors (Lipinski definition) is 1. The molecule has 0 amide bonds. The summed E-state index contributed by atoms with van der Waals surface area (Å²) in [6.45, 7) is 10.4. The van der Waals surface area contributed by atoms with Crippen LogP contribution in [0.15, 0.2) is 22.7 Å². The van der Waals surface area contributed by atoms with Crippen molar-refractivity contribution in [3.8, 4) is 0 Å². The third kappa shape index (κ3) is 2.89. The van der Waals surface area contributed by atoms with Crippen molar-refractivity contribution >= 4 is 24.7 Å². The van der Waals surface area contributed by atoms with Gasteiger partial charge in [-0.3, -0.25) is 0 Å². The third-order valence-electron chi connectivity index (χ3n) is 4.38. The lowest BCUT2D eigenvalue weighted by Crippen LogP contribution is -2.26. The number of rotatable bonds is 4. The third-order valence-corrected chi connectivity index (χ3v) is 8.41. The van der Waals surface area contributed by atoms with Crippen molar-refractivity contribution in [3.05, 3.63) is 33.8 Å². The van der Waals surface area contributed by atoms with Gasteiger partial charge >= 0.3 is 0 Å². The van der Waals surface area contributed by atoms with Crippen LogP contribution in [0.1, 0.15) is 37.5 Å². The monoisotopic (exact) mass is 326 g/mol. The smallest absolute Gasteiger partial charge is 0.0831 e. The number of ether oxygens (including phenoxy) is 1. The molecular weight excluding hydrogens is 304 g/mol. The average Bonchev–Trinajstić information content (AvgIpc) is 2.71. The van der Waals surface area contributed by atoms with Crippen LogP contribution < -0.4 is 0 Å². The molecule has 1 unspecified atom stereocenters. The van der Waals surface area contributed by atoms with Crippen molar-refractivity contribution in [3.63, 3.8) is 0 Å². The second-order valence-electron chi connectivity index (χ2n) is 6.29. The van der Waals surface area contributed by atoms with Gasteiger partial charge in [-0.15, -0.1) is 0 Å². The van der Waals surface area contributed by atoms with E-state index in [1.807, 2.05) is 0 Å². The Bertz CT molecular complexity index is 429. The lowest BCUT2D eigenvalue weighted by Gasteiger charge is -2.29. The molecule has 1 nitrogen and oxygen atoms in total. The molecule has 0 aliphatic heterocycles. The lowest BCUT2D eigenvalue weighted by atomic mass is 10.1. The van der Waals surface area contributed by atoms with Gasteiger partial charge in [0.15, 0.2) is 0 Å². The molecule has 2 rings (SSSR count). The van der Waals surface area contributed by atoms with Crippen molar-refractivity contribution in [2.75, 3.05) is 6.61 Å². The molecule has 1 aromatic carbocycles. The summed E-state index contributed by atoms with van der Waals surface area (Å²) in [6.07, 6.45) is 2.58. The Morgan fingerprint density at radius 3 is 2.78 bits per heavy atom. The highest BCUT2D eigenvalue weighted by molar-refractivity contribution is 9.10. The molecule has 0 heterocycles. The predicted octanol–water partition coefficient (Wildman–Crippen LogP) is 4.72. The van der Waals surface area contributed by atoms with Gasteiger partial charge in [0.1, 0.15) is 0 Å². The summed E-state index contributed by atoms with van der Waals surface area (Å²) >= 11 is 3.64. The maximum Gasteiger partial charge on any atom is 0.0831 e. The molecule has 0 N–H and O–H groups in total. The number of benzene rings is 1. The van der Waals surface area contributed by atoms with Crippen molar-refractivity contribution in [1.82, 2.24) is 0 Å². The molecule has 0 radical (unpaired) electrons. The zero-order chi connectivity index (χ0) is 13.3. The van der Waals surface area contributed by atoms with Crippen molar-refractivity contribution in [2.24, 2.45) is 0 Å². The Labute approximate surface area is 121 Å². The van der Waals surface area contributed by atoms with E-state index < -0.39 is 8.80 Å². The molecule has 0 saturated carbocycles. The van der Waals surface area contributed by atoms with Gasteiger partial charge in [-0.05, 0) is 35.1 Å². The summed E-state index contributed by atoms with van der Waals surface area (Å²) in [5, 5.41) is 0.384. The molecule has 0 saturated heterocycles. The fourth-order valence-electron chi connectivity index (χ4n) is 2.23. The van der Waals surface area contributed by atoms with E-state index in [9.17, 15) is 0 Å². The van der Waals surface area contributed by atoms with Gasteiger partial charge in [0, 0.05) is 19.9 Å². The van der Waals surface area contributed by atoms with E-state index >= 15 is 0 Å². The molecule has 0 spiro atoms. The summed E-state index contributed by atoms with van der Waals surface area (Å²) in [4.78, 5) is 0. The second-order valence-corrected chi connectivity index (χ2v) is 11.0. The molecule has 1 aromatic rings. The van der Waals surface area contributed by atoms with Gasteiger partial charge in [0.05, 0.1) is 6.10 Å². The molecule has 18 heavy (non-hydrogen) atoms. The van der Waals surface area contributed by atoms with E-state index in [-0.39, 0.29) is 0 Å². The molecule has 1 aliphatic carbocycles. The number of halogens is 1. The maximum absolute atomic E-state index is 6.22. The van der Waals surface area contributed by atoms with E-state index in [2.05, 4.69) is 61.1 Å². The van der Waals surface area contributed by atoms with Gasteiger partial charge in [0.2, 0.25) is 0 Å². The molecule has 100 valence electrons. The maximum atomic E-state index is 6.22. The van der Waals surface area contributed by atoms with E-state index in [4.69, 9.17) is 4.74 Å². The van der Waals surface area contributed by atoms with Crippen LogP contribution in [0.5, 0.6) is 0 Å². The van der Waals surface area contributed by atoms with Crippen LogP contribution in [0, 0.1) is 0 Å². The normalized spacial score (nSPS) is 19.3. The van der Waals surface area contributed by atoms with Crippen LogP contribution in [0.2, 0.25) is 18.1 Å². The summed E-state index contributed by atoms with van der Waals surface area (Å²) < 4.78 is 7.46. The highest BCUT2D eigenvalue weighted by atomic mass is 79.9. The van der Waals surface area contributed by atoms with Gasteiger partial charge in [-0.2, -0.15) is 0 Å². The summed E-state index contributed by atoms with van der Waals surface area (Å²) in [7, 11) is -0.671. The van der Waals surface area contributed by atoms with Gasteiger partial charge in [-0.1, -0.05) is 55.0 Å². The Morgan fingerprint density at radius 2 is 2.11 bits per heavy atom. The topological polar surface area (TPSA) is 9.23 Å². The predicted molar refractivity (Wildman–Crippen MR) is 84.1 cm³/mol. The zero-order valence-electron chi connectivity index (χ0n) is 11.8. The van der Waals surface area contributed by atoms with Gasteiger partial charge < -0.3 is 4.74 Å². The van der Waals surface area contributed by atoms with Crippen LogP contribution in [0.4, 0.5) is 0 Å². The SMILES string of the molecule is C[SiH](C)C(C)(C)COC1CCc2c(Br)cccc21. The highest BCUT2D eigenvalue weighted by Gasteiger charge is 2.29. The minimum atomic E-state index is -0.671. The van der Waals surface area contributed by atoms with E-state index in [1.54, 1.807) is 0 Å². The first kappa shape index (κ1) is 14.3. The Morgan fingerprint density at radius 1 is 1.39 bits per heavy atom. The Kier molecular flexibility index (Phi) is 4.35. The zero-order valence-corrected chi connectivity index (χ0v) is 14.5. The minimum Gasteiger partial charge on any atom is -0.373 e. The van der Waals surface area contributed by atoms with Gasteiger partial charge in [0.25, 0.3) is 0 Å². The fraction of sp³-hybridized carbons (Fsp3) is 0.600. The molecule has 0 bridgehead atoms. The highest BCUT2D eigenvalue weighted by Crippen LogP contribution is 2.40. The minimum absolute atomic E-state index is 0.310. The summed E-state index contributed by atoms with van der Waals surface area (Å²) in [6, 6.07) is 6.47. The molecular formula is C15H23BrOSi. The summed E-state index contributed by atoms with van der Waals surface area (Å²) in [5.74, 6) is 0. The average molecular weight is 327 g/mol. The van der Waals surface area contributed by atoms with E-state index in [0.29, 0.717) is 11.1 Å². The van der Waals surface area contributed by atoms with Crippen molar-refractivity contribution in [2.45, 2.75) is 50.9 Å². The van der Waals surface area contributed by atoms with Crippen LogP contribution in [0.3, 0.4) is 0 Å². The van der Waals surface area contributed by atoms with E-state index in [1.165, 1.54) is 15.6 Å². The van der Waals surface area contributed by atoms with Crippen molar-refractivity contribution < 1.29 is 4.74 Å². The lowest BCUT2D eigenvalue weighted by molar-refractivity contribution is 0.0391. The Hall–Kier alpha value is -0.123. The summed E-state index contributed by atoms with van der Waals surface area (Å²) in [5.41, 5.74) is 2.84. The second kappa shape index (κ2) is 5.47. The number of hydrogen-bond donors (Lipinski definition) is 0. The molecule has 3 heteroatoms. The van der Waals surface area contributed by atoms with Gasteiger partial charge in [-0.25, -0.2) is 0 Å². The first-order valence-corrected chi connectivity index (χ1v) is 10.5.